The van der Waals surface area contributed by atoms with Crippen LogP contribution in [0.5, 0.6) is 0 Å². The van der Waals surface area contributed by atoms with Gasteiger partial charge in [0, 0.05) is 0 Å². The van der Waals surface area contributed by atoms with Crippen molar-refractivity contribution < 1.29 is 99.8 Å². The number of aliphatic hydroxyl groups excluding tert-OH is 7. The van der Waals surface area contributed by atoms with E-state index in [-0.39, 0.29) is 31.0 Å². The first-order valence-electron chi connectivity index (χ1n) is 7.79. The molecular formula is C12H24NaO14P. The summed E-state index contributed by atoms with van der Waals surface area (Å²) in [6, 6.07) is 0. The van der Waals surface area contributed by atoms with Gasteiger partial charge in [-0.15, -0.1) is 0 Å². The van der Waals surface area contributed by atoms with Crippen LogP contribution in [0, 0.1) is 0 Å². The number of phosphoric acid groups is 1. The van der Waals surface area contributed by atoms with Crippen LogP contribution in [0.2, 0.25) is 0 Å². The van der Waals surface area contributed by atoms with E-state index in [1.807, 2.05) is 0 Å². The summed E-state index contributed by atoms with van der Waals surface area (Å²) in [5.74, 6) is -2.53. The number of rotatable bonds is 7. The summed E-state index contributed by atoms with van der Waals surface area (Å²) in [4.78, 5) is 17.8. The monoisotopic (exact) mass is 446 g/mol. The zero-order valence-electron chi connectivity index (χ0n) is 15.8. The van der Waals surface area contributed by atoms with Gasteiger partial charge in [-0.1, -0.05) is 0 Å². The molecule has 0 aliphatic carbocycles. The van der Waals surface area contributed by atoms with Crippen molar-refractivity contribution in [2.75, 3.05) is 19.8 Å². The first-order valence-corrected chi connectivity index (χ1v) is 9.32. The SMILES string of the molecule is O=P(O)(O)OC[C@@]1(O[C@H]2O[C@H](CO)[C@@H](O)[C@H](O)[C@H]2O)O[C@H](CO)[C@@H](O)[C@@H]1O.[H-].[Na+]. The number of hydrogen-bond acceptors (Lipinski definition) is 12. The van der Waals surface area contributed by atoms with E-state index in [1.165, 1.54) is 0 Å². The molecule has 2 fully saturated rings. The van der Waals surface area contributed by atoms with Crippen LogP contribution < -0.4 is 29.6 Å². The Bertz CT molecular complexity index is 553. The van der Waals surface area contributed by atoms with E-state index in [0.29, 0.717) is 0 Å². The molecule has 0 spiro atoms. The molecule has 2 rings (SSSR count). The fourth-order valence-corrected chi connectivity index (χ4v) is 3.14. The maximum absolute atomic E-state index is 11.0. The molecule has 14 nitrogen and oxygen atoms in total. The van der Waals surface area contributed by atoms with Crippen molar-refractivity contribution in [3.8, 4) is 0 Å². The minimum absolute atomic E-state index is 0. The Morgan fingerprint density at radius 1 is 0.929 bits per heavy atom. The zero-order valence-corrected chi connectivity index (χ0v) is 17.6. The minimum Gasteiger partial charge on any atom is -1.00 e. The van der Waals surface area contributed by atoms with Gasteiger partial charge >= 0.3 is 37.4 Å². The number of phosphoric ester groups is 1. The summed E-state index contributed by atoms with van der Waals surface area (Å²) in [7, 11) is -5.09. The van der Waals surface area contributed by atoms with E-state index in [9.17, 15) is 40.3 Å². The summed E-state index contributed by atoms with van der Waals surface area (Å²) in [6.45, 7) is -2.77. The molecule has 2 saturated heterocycles. The average Bonchev–Trinajstić information content (AvgIpc) is 2.85. The summed E-state index contributed by atoms with van der Waals surface area (Å²) in [6.07, 6.45) is -14.0. The van der Waals surface area contributed by atoms with Crippen molar-refractivity contribution in [1.29, 1.82) is 0 Å². The molecule has 0 saturated carbocycles. The second-order valence-corrected chi connectivity index (χ2v) is 7.40. The van der Waals surface area contributed by atoms with Gasteiger partial charge < -0.3 is 61.2 Å². The molecule has 28 heavy (non-hydrogen) atoms. The molecule has 2 aliphatic rings. The van der Waals surface area contributed by atoms with Gasteiger partial charge in [-0.25, -0.2) is 4.57 Å². The van der Waals surface area contributed by atoms with Gasteiger partial charge in [-0.3, -0.25) is 4.52 Å². The summed E-state index contributed by atoms with van der Waals surface area (Å²) in [5, 5.41) is 68.1. The summed E-state index contributed by atoms with van der Waals surface area (Å²) in [5.41, 5.74) is 0. The maximum Gasteiger partial charge on any atom is 1.00 e. The van der Waals surface area contributed by atoms with Gasteiger partial charge in [-0.2, -0.15) is 0 Å². The largest absolute Gasteiger partial charge is 1.00 e. The molecule has 9 N–H and O–H groups in total. The molecule has 0 radical (unpaired) electrons. The zero-order chi connectivity index (χ0) is 20.6. The van der Waals surface area contributed by atoms with E-state index in [4.69, 9.17) is 24.0 Å². The predicted molar refractivity (Wildman–Crippen MR) is 80.7 cm³/mol. The Hall–Kier alpha value is 0.710. The van der Waals surface area contributed by atoms with Crippen LogP contribution in [0.25, 0.3) is 0 Å². The molecule has 0 aromatic heterocycles. The Labute approximate surface area is 182 Å². The summed E-state index contributed by atoms with van der Waals surface area (Å²) >= 11 is 0. The van der Waals surface area contributed by atoms with Crippen LogP contribution in [0.3, 0.4) is 0 Å². The van der Waals surface area contributed by atoms with Crippen molar-refractivity contribution >= 4 is 7.82 Å². The van der Waals surface area contributed by atoms with Crippen LogP contribution in [-0.2, 0) is 23.3 Å². The van der Waals surface area contributed by atoms with Crippen LogP contribution in [0.4, 0.5) is 0 Å². The van der Waals surface area contributed by atoms with Gasteiger partial charge in [0.25, 0.3) is 0 Å². The Kier molecular flexibility index (Phi) is 9.88. The second-order valence-electron chi connectivity index (χ2n) is 6.17. The van der Waals surface area contributed by atoms with Crippen molar-refractivity contribution in [2.45, 2.75) is 54.8 Å². The van der Waals surface area contributed by atoms with Gasteiger partial charge in [0.15, 0.2) is 6.29 Å². The third kappa shape index (κ3) is 5.69. The molecule has 2 heterocycles. The number of ether oxygens (including phenoxy) is 3. The first-order chi connectivity index (χ1) is 12.5. The number of hydrogen-bond donors (Lipinski definition) is 9. The quantitative estimate of drug-likeness (QED) is 0.130. The van der Waals surface area contributed by atoms with Crippen LogP contribution in [-0.4, -0.2) is 120 Å². The van der Waals surface area contributed by atoms with Crippen molar-refractivity contribution in [3.63, 3.8) is 0 Å². The molecule has 162 valence electrons. The number of aliphatic hydroxyl groups is 7. The molecule has 16 heteroatoms. The Balaban J connectivity index is 0.00000392. The van der Waals surface area contributed by atoms with Crippen molar-refractivity contribution in [2.24, 2.45) is 0 Å². The van der Waals surface area contributed by atoms with E-state index in [2.05, 4.69) is 4.52 Å². The molecule has 0 aromatic rings. The third-order valence-corrected chi connectivity index (χ3v) is 4.75. The fraction of sp³-hybridized carbons (Fsp3) is 1.00. The average molecular weight is 446 g/mol. The third-order valence-electron chi connectivity index (χ3n) is 4.28. The second kappa shape index (κ2) is 10.3. The van der Waals surface area contributed by atoms with E-state index >= 15 is 0 Å². The molecular weight excluding hydrogens is 422 g/mol. The molecule has 0 aromatic carbocycles. The van der Waals surface area contributed by atoms with Crippen LogP contribution in [0.15, 0.2) is 0 Å². The van der Waals surface area contributed by atoms with Crippen molar-refractivity contribution in [1.82, 2.24) is 0 Å². The van der Waals surface area contributed by atoms with Gasteiger partial charge in [0.2, 0.25) is 5.79 Å². The van der Waals surface area contributed by atoms with Gasteiger partial charge in [-0.05, 0) is 0 Å². The van der Waals surface area contributed by atoms with Gasteiger partial charge in [0.05, 0.1) is 13.2 Å². The topological polar surface area (TPSA) is 236 Å². The smallest absolute Gasteiger partial charge is 1.00 e. The standard InChI is InChI=1S/C12H23O14P.Na.H/c13-1-4-6(15)8(17)9(18)11(24-4)26-12(3-23-27(20,21)22)10(19)7(16)5(2-14)25-12;;/h4-11,13-19H,1-3H2,(H2,20,21,22);;/q;+1;-1/t4-,5-,6-,7-,8+,9-,10+,11-,12+;;/m1../s1. The Morgan fingerprint density at radius 3 is 1.96 bits per heavy atom. The first kappa shape index (κ1) is 26.7. The Morgan fingerprint density at radius 2 is 1.50 bits per heavy atom. The summed E-state index contributed by atoms with van der Waals surface area (Å²) < 4.78 is 30.8. The predicted octanol–water partition coefficient (Wildman–Crippen LogP) is -8.16. The fourth-order valence-electron chi connectivity index (χ4n) is 2.79. The maximum atomic E-state index is 11.0. The minimum atomic E-state index is -5.09. The van der Waals surface area contributed by atoms with Crippen LogP contribution in [0.1, 0.15) is 1.43 Å². The van der Waals surface area contributed by atoms with Crippen molar-refractivity contribution in [3.05, 3.63) is 0 Å². The molecule has 0 bridgehead atoms. The molecule has 0 amide bonds. The van der Waals surface area contributed by atoms with E-state index < -0.39 is 82.4 Å². The van der Waals surface area contributed by atoms with Crippen LogP contribution >= 0.6 is 7.82 Å². The normalized spacial score (nSPS) is 44.3. The molecule has 0 unspecified atom stereocenters. The van der Waals surface area contributed by atoms with E-state index in [0.717, 1.165) is 0 Å². The van der Waals surface area contributed by atoms with Gasteiger partial charge in [0.1, 0.15) is 49.3 Å². The molecule has 2 aliphatic heterocycles. The van der Waals surface area contributed by atoms with E-state index in [1.54, 1.807) is 0 Å². The molecule has 9 atom stereocenters.